The molecule has 0 spiro atoms. The SMILES string of the molecule is CC1=Nc2cnc3ccccc3c2[SH]1CCS(=O)(=O)O. The number of nitrogens with zero attached hydrogens (tertiary/aromatic N) is 2. The van der Waals surface area contributed by atoms with Crippen LogP contribution in [0.4, 0.5) is 5.69 Å². The van der Waals surface area contributed by atoms with Crippen molar-refractivity contribution in [1.82, 2.24) is 4.98 Å². The van der Waals surface area contributed by atoms with Crippen LogP contribution < -0.4 is 0 Å². The summed E-state index contributed by atoms with van der Waals surface area (Å²) in [7, 11) is -4.76. The Balaban J connectivity index is 2.08. The second-order valence-electron chi connectivity index (χ2n) is 4.61. The maximum Gasteiger partial charge on any atom is 0.265 e. The first kappa shape index (κ1) is 13.5. The van der Waals surface area contributed by atoms with Crippen molar-refractivity contribution in [2.45, 2.75) is 11.8 Å². The van der Waals surface area contributed by atoms with Gasteiger partial charge in [-0.2, -0.15) is 19.3 Å². The Kier molecular flexibility index (Phi) is 3.27. The van der Waals surface area contributed by atoms with Gasteiger partial charge in [0.05, 0.1) is 28.2 Å². The van der Waals surface area contributed by atoms with E-state index in [0.717, 1.165) is 26.5 Å². The second-order valence-corrected chi connectivity index (χ2v) is 8.58. The summed E-state index contributed by atoms with van der Waals surface area (Å²) in [5, 5.41) is 1.95. The zero-order valence-electron chi connectivity index (χ0n) is 10.8. The molecule has 0 bridgehead atoms. The van der Waals surface area contributed by atoms with Crippen LogP contribution in [-0.4, -0.2) is 34.5 Å². The van der Waals surface area contributed by atoms with E-state index < -0.39 is 21.0 Å². The van der Waals surface area contributed by atoms with Gasteiger partial charge >= 0.3 is 0 Å². The average molecular weight is 310 g/mol. The Hall–Kier alpha value is -1.44. The van der Waals surface area contributed by atoms with Crippen molar-refractivity contribution in [3.63, 3.8) is 0 Å². The molecule has 0 saturated carbocycles. The molecule has 1 aliphatic rings. The van der Waals surface area contributed by atoms with Crippen LogP contribution in [-0.2, 0) is 10.1 Å². The van der Waals surface area contributed by atoms with Crippen LogP contribution in [0.5, 0.6) is 0 Å². The van der Waals surface area contributed by atoms with Crippen LogP contribution in [0.25, 0.3) is 10.9 Å². The van der Waals surface area contributed by atoms with Gasteiger partial charge in [0.25, 0.3) is 10.1 Å². The van der Waals surface area contributed by atoms with Crippen LogP contribution in [0.3, 0.4) is 0 Å². The lowest BCUT2D eigenvalue weighted by atomic mass is 10.2. The minimum absolute atomic E-state index is 0.234. The Morgan fingerprint density at radius 2 is 2.05 bits per heavy atom. The molecule has 0 aliphatic carbocycles. The van der Waals surface area contributed by atoms with Gasteiger partial charge in [-0.15, -0.1) is 0 Å². The van der Waals surface area contributed by atoms with Crippen molar-refractivity contribution in [2.75, 3.05) is 11.5 Å². The van der Waals surface area contributed by atoms with Gasteiger partial charge < -0.3 is 0 Å². The van der Waals surface area contributed by atoms with Crippen molar-refractivity contribution < 1.29 is 13.0 Å². The number of rotatable bonds is 3. The fraction of sp³-hybridized carbons (Fsp3) is 0.231. The summed E-state index contributed by atoms with van der Waals surface area (Å²) in [5.41, 5.74) is 1.71. The Morgan fingerprint density at radius 1 is 1.30 bits per heavy atom. The molecule has 0 saturated heterocycles. The highest BCUT2D eigenvalue weighted by molar-refractivity contribution is 8.30. The lowest BCUT2D eigenvalue weighted by Gasteiger charge is -2.17. The molecule has 0 radical (unpaired) electrons. The number of para-hydroxylation sites is 1. The summed E-state index contributed by atoms with van der Waals surface area (Å²) in [5.74, 6) is 0.159. The van der Waals surface area contributed by atoms with E-state index in [-0.39, 0.29) is 5.75 Å². The number of benzene rings is 1. The van der Waals surface area contributed by atoms with Crippen LogP contribution in [0, 0.1) is 0 Å². The molecule has 20 heavy (non-hydrogen) atoms. The highest BCUT2D eigenvalue weighted by Gasteiger charge is 2.25. The Bertz CT molecular complexity index is 815. The molecular weight excluding hydrogens is 296 g/mol. The van der Waals surface area contributed by atoms with E-state index in [1.807, 2.05) is 31.2 Å². The van der Waals surface area contributed by atoms with Gasteiger partial charge in [0.15, 0.2) is 0 Å². The third-order valence-corrected chi connectivity index (χ3v) is 6.83. The Morgan fingerprint density at radius 3 is 2.80 bits per heavy atom. The first-order valence-electron chi connectivity index (χ1n) is 6.11. The topological polar surface area (TPSA) is 79.6 Å². The quantitative estimate of drug-likeness (QED) is 0.674. The summed E-state index contributed by atoms with van der Waals surface area (Å²) in [6, 6.07) is 7.77. The zero-order valence-corrected chi connectivity index (χ0v) is 12.5. The van der Waals surface area contributed by atoms with Crippen molar-refractivity contribution in [3.8, 4) is 0 Å². The van der Waals surface area contributed by atoms with E-state index in [1.165, 1.54) is 0 Å². The number of thiol groups is 1. The van der Waals surface area contributed by atoms with Gasteiger partial charge in [0, 0.05) is 16.0 Å². The standard InChI is InChI=1S/C13H14N2O3S2/c1-9-15-12-8-14-11-5-3-2-4-10(11)13(12)19(9)6-7-20(16,17)18/h2-5,8,19H,6-7H2,1H3,(H,16,17,18). The van der Waals surface area contributed by atoms with E-state index >= 15 is 0 Å². The smallest absolute Gasteiger partial charge is 0.265 e. The van der Waals surface area contributed by atoms with Gasteiger partial charge in [-0.05, 0) is 13.0 Å². The summed E-state index contributed by atoms with van der Waals surface area (Å²) in [4.78, 5) is 9.93. The van der Waals surface area contributed by atoms with Gasteiger partial charge in [-0.25, -0.2) is 4.99 Å². The van der Waals surface area contributed by atoms with Crippen LogP contribution >= 0.6 is 10.9 Å². The minimum Gasteiger partial charge on any atom is -0.286 e. The number of fused-ring (bicyclic) bond motifs is 3. The normalized spacial score (nSPS) is 19.9. The second kappa shape index (κ2) is 4.83. The van der Waals surface area contributed by atoms with E-state index in [0.29, 0.717) is 5.75 Å². The monoisotopic (exact) mass is 310 g/mol. The summed E-state index contributed by atoms with van der Waals surface area (Å²) >= 11 is 0. The highest BCUT2D eigenvalue weighted by atomic mass is 32.2. The molecule has 7 heteroatoms. The van der Waals surface area contributed by atoms with Gasteiger partial charge in [0.2, 0.25) is 0 Å². The predicted octanol–water partition coefficient (Wildman–Crippen LogP) is 2.55. The molecule has 5 nitrogen and oxygen atoms in total. The van der Waals surface area contributed by atoms with E-state index in [2.05, 4.69) is 9.98 Å². The van der Waals surface area contributed by atoms with Crippen molar-refractivity contribution in [1.29, 1.82) is 0 Å². The fourth-order valence-electron chi connectivity index (χ4n) is 2.36. The zero-order chi connectivity index (χ0) is 14.3. The molecule has 2 aromatic rings. The first-order valence-corrected chi connectivity index (χ1v) is 9.25. The molecule has 1 atom stereocenters. The molecule has 1 aromatic heterocycles. The Labute approximate surface area is 119 Å². The summed E-state index contributed by atoms with van der Waals surface area (Å²) in [6.07, 6.45) is 1.73. The highest BCUT2D eigenvalue weighted by Crippen LogP contribution is 2.52. The number of pyridine rings is 1. The average Bonchev–Trinajstić information content (AvgIpc) is 2.71. The molecule has 1 aliphatic heterocycles. The molecule has 2 heterocycles. The molecule has 1 aromatic carbocycles. The third-order valence-electron chi connectivity index (χ3n) is 3.24. The predicted molar refractivity (Wildman–Crippen MR) is 83.0 cm³/mol. The number of aromatic nitrogens is 1. The molecule has 0 amide bonds. The van der Waals surface area contributed by atoms with E-state index in [4.69, 9.17) is 4.55 Å². The number of aliphatic imine (C=N–C) groups is 1. The van der Waals surface area contributed by atoms with Crippen LogP contribution in [0.15, 0.2) is 40.4 Å². The van der Waals surface area contributed by atoms with Gasteiger partial charge in [0.1, 0.15) is 0 Å². The van der Waals surface area contributed by atoms with E-state index in [1.54, 1.807) is 6.20 Å². The summed E-state index contributed by atoms with van der Waals surface area (Å²) in [6.45, 7) is 1.91. The molecular formula is C13H14N2O3S2. The fourth-order valence-corrected chi connectivity index (χ4v) is 5.98. The summed E-state index contributed by atoms with van der Waals surface area (Å²) < 4.78 is 30.9. The van der Waals surface area contributed by atoms with Crippen molar-refractivity contribution >= 4 is 42.6 Å². The van der Waals surface area contributed by atoms with Crippen molar-refractivity contribution in [3.05, 3.63) is 30.5 Å². The maximum atomic E-state index is 11.0. The van der Waals surface area contributed by atoms with E-state index in [9.17, 15) is 8.42 Å². The van der Waals surface area contributed by atoms with Crippen LogP contribution in [0.1, 0.15) is 6.92 Å². The maximum absolute atomic E-state index is 11.0. The lowest BCUT2D eigenvalue weighted by Crippen LogP contribution is -2.10. The number of hydrogen-bond acceptors (Lipinski definition) is 4. The molecule has 3 rings (SSSR count). The number of hydrogen-bond donors (Lipinski definition) is 2. The van der Waals surface area contributed by atoms with Crippen LogP contribution in [0.2, 0.25) is 0 Å². The third kappa shape index (κ3) is 2.44. The van der Waals surface area contributed by atoms with Gasteiger partial charge in [-0.1, -0.05) is 18.2 Å². The first-order chi connectivity index (χ1) is 9.46. The van der Waals surface area contributed by atoms with Gasteiger partial charge in [-0.3, -0.25) is 9.54 Å². The lowest BCUT2D eigenvalue weighted by molar-refractivity contribution is 0.485. The molecule has 0 fully saturated rings. The molecule has 1 unspecified atom stereocenters. The molecule has 106 valence electrons. The van der Waals surface area contributed by atoms with Crippen molar-refractivity contribution in [2.24, 2.45) is 4.99 Å². The minimum atomic E-state index is -3.95. The molecule has 1 N–H and O–H groups in total. The largest absolute Gasteiger partial charge is 0.286 e.